The first-order chi connectivity index (χ1) is 15.4. The Kier molecular flexibility index (Phi) is 6.76. The number of aryl methyl sites for hydroxylation is 3. The summed E-state index contributed by atoms with van der Waals surface area (Å²) in [7, 11) is 5.49. The van der Waals surface area contributed by atoms with Crippen molar-refractivity contribution < 1.29 is 18.6 Å². The second-order valence-corrected chi connectivity index (χ2v) is 8.03. The van der Waals surface area contributed by atoms with Gasteiger partial charge in [-0.1, -0.05) is 6.07 Å². The fourth-order valence-corrected chi connectivity index (χ4v) is 4.12. The molecule has 1 fully saturated rings. The third-order valence-corrected chi connectivity index (χ3v) is 5.76. The molecule has 0 N–H and O–H groups in total. The highest BCUT2D eigenvalue weighted by Gasteiger charge is 2.27. The minimum atomic E-state index is -0.302. The van der Waals surface area contributed by atoms with E-state index in [1.54, 1.807) is 23.9 Å². The maximum absolute atomic E-state index is 13.3. The summed E-state index contributed by atoms with van der Waals surface area (Å²) in [5, 5.41) is 9.16. The lowest BCUT2D eigenvalue weighted by molar-refractivity contribution is -0.0354. The van der Waals surface area contributed by atoms with Crippen LogP contribution in [0.15, 0.2) is 30.3 Å². The van der Waals surface area contributed by atoms with Crippen LogP contribution in [0.2, 0.25) is 0 Å². The van der Waals surface area contributed by atoms with Crippen LogP contribution in [0, 0.1) is 12.7 Å². The van der Waals surface area contributed by atoms with Crippen LogP contribution in [-0.4, -0.2) is 57.9 Å². The molecule has 9 heteroatoms. The van der Waals surface area contributed by atoms with Gasteiger partial charge in [0, 0.05) is 51.9 Å². The number of benzene rings is 1. The van der Waals surface area contributed by atoms with Crippen molar-refractivity contribution in [1.29, 1.82) is 0 Å². The Morgan fingerprint density at radius 3 is 2.81 bits per heavy atom. The quantitative estimate of drug-likeness (QED) is 0.534. The van der Waals surface area contributed by atoms with Gasteiger partial charge in [0.2, 0.25) is 5.88 Å². The summed E-state index contributed by atoms with van der Waals surface area (Å²) in [4.78, 5) is 2.35. The second-order valence-electron chi connectivity index (χ2n) is 8.03. The van der Waals surface area contributed by atoms with Crippen molar-refractivity contribution in [3.63, 3.8) is 0 Å². The normalized spacial score (nSPS) is 17.0. The number of hydrogen-bond acceptors (Lipinski definition) is 6. The Hall–Kier alpha value is -2.91. The van der Waals surface area contributed by atoms with Crippen LogP contribution in [0.1, 0.15) is 28.7 Å². The van der Waals surface area contributed by atoms with Crippen molar-refractivity contribution in [2.45, 2.75) is 26.0 Å². The zero-order valence-corrected chi connectivity index (χ0v) is 19.0. The smallest absolute Gasteiger partial charge is 0.216 e. The minimum Gasteiger partial charge on any atom is -0.493 e. The molecule has 0 aliphatic carbocycles. The molecule has 1 aliphatic rings. The van der Waals surface area contributed by atoms with Gasteiger partial charge in [0.05, 0.1) is 37.3 Å². The van der Waals surface area contributed by atoms with Crippen molar-refractivity contribution in [3.05, 3.63) is 58.8 Å². The van der Waals surface area contributed by atoms with E-state index in [2.05, 4.69) is 21.2 Å². The molecule has 2 aromatic heterocycles. The van der Waals surface area contributed by atoms with Gasteiger partial charge in [0.15, 0.2) is 0 Å². The third kappa shape index (κ3) is 4.94. The van der Waals surface area contributed by atoms with E-state index in [0.717, 1.165) is 48.2 Å². The monoisotopic (exact) mass is 443 g/mol. The lowest BCUT2D eigenvalue weighted by Crippen LogP contribution is -2.38. The molecule has 0 saturated carbocycles. The molecule has 3 heterocycles. The van der Waals surface area contributed by atoms with Gasteiger partial charge in [0.25, 0.3) is 0 Å². The topological polar surface area (TPSA) is 66.6 Å². The van der Waals surface area contributed by atoms with Crippen molar-refractivity contribution in [3.8, 4) is 11.6 Å². The van der Waals surface area contributed by atoms with Crippen molar-refractivity contribution in [2.75, 3.05) is 33.4 Å². The minimum absolute atomic E-state index is 0.101. The summed E-state index contributed by atoms with van der Waals surface area (Å²) >= 11 is 0. The van der Waals surface area contributed by atoms with Crippen molar-refractivity contribution >= 4 is 0 Å². The molecule has 3 aromatic rings. The molecule has 0 spiro atoms. The van der Waals surface area contributed by atoms with E-state index < -0.39 is 0 Å². The van der Waals surface area contributed by atoms with E-state index in [9.17, 15) is 4.39 Å². The summed E-state index contributed by atoms with van der Waals surface area (Å²) < 4.78 is 34.2. The van der Waals surface area contributed by atoms with Gasteiger partial charge in [-0.2, -0.15) is 10.2 Å². The largest absolute Gasteiger partial charge is 0.493 e. The molecule has 0 amide bonds. The summed E-state index contributed by atoms with van der Waals surface area (Å²) in [5.41, 5.74) is 4.03. The van der Waals surface area contributed by atoms with Gasteiger partial charge in [-0.15, -0.1) is 0 Å². The van der Waals surface area contributed by atoms with Crippen molar-refractivity contribution in [1.82, 2.24) is 24.5 Å². The molecular weight excluding hydrogens is 413 g/mol. The third-order valence-electron chi connectivity index (χ3n) is 5.76. The Morgan fingerprint density at radius 1 is 1.19 bits per heavy atom. The zero-order chi connectivity index (χ0) is 22.7. The number of nitrogens with zero attached hydrogens (tertiary/aromatic N) is 5. The van der Waals surface area contributed by atoms with Gasteiger partial charge in [0.1, 0.15) is 17.7 Å². The lowest BCUT2D eigenvalue weighted by Gasteiger charge is -2.32. The molecular formula is C23H30FN5O3. The molecule has 1 aromatic carbocycles. The maximum Gasteiger partial charge on any atom is 0.216 e. The number of morpholine rings is 1. The van der Waals surface area contributed by atoms with Gasteiger partial charge in [-0.3, -0.25) is 9.58 Å². The Labute approximate surface area is 187 Å². The molecule has 0 bridgehead atoms. The predicted octanol–water partition coefficient (Wildman–Crippen LogP) is 2.80. The lowest BCUT2D eigenvalue weighted by atomic mass is 10.1. The number of rotatable bonds is 8. The SMILES string of the molecule is COc1c(CN2CCO[C@H](c3cc(CCOc4cccc(F)c4)n(C)n3)C2)c(C)nn1C. The first-order valence-electron chi connectivity index (χ1n) is 10.8. The highest BCUT2D eigenvalue weighted by atomic mass is 19.1. The number of halogens is 1. The van der Waals surface area contributed by atoms with Crippen LogP contribution in [0.4, 0.5) is 4.39 Å². The highest BCUT2D eigenvalue weighted by Crippen LogP contribution is 2.27. The van der Waals surface area contributed by atoms with Crippen LogP contribution < -0.4 is 9.47 Å². The average Bonchev–Trinajstić information content (AvgIpc) is 3.27. The van der Waals surface area contributed by atoms with E-state index in [4.69, 9.17) is 14.2 Å². The predicted molar refractivity (Wildman–Crippen MR) is 117 cm³/mol. The molecule has 1 saturated heterocycles. The summed E-state index contributed by atoms with van der Waals surface area (Å²) in [6.45, 7) is 5.43. The van der Waals surface area contributed by atoms with Gasteiger partial charge < -0.3 is 14.2 Å². The molecule has 1 aliphatic heterocycles. The number of ether oxygens (including phenoxy) is 3. The van der Waals surface area contributed by atoms with E-state index >= 15 is 0 Å². The second kappa shape index (κ2) is 9.70. The van der Waals surface area contributed by atoms with E-state index in [1.807, 2.05) is 25.7 Å². The molecule has 32 heavy (non-hydrogen) atoms. The number of methoxy groups -OCH3 is 1. The Balaban J connectivity index is 1.37. The van der Waals surface area contributed by atoms with E-state index in [-0.39, 0.29) is 11.9 Å². The molecule has 8 nitrogen and oxygen atoms in total. The molecule has 4 rings (SSSR count). The number of aromatic nitrogens is 4. The summed E-state index contributed by atoms with van der Waals surface area (Å²) in [5.74, 6) is 1.02. The van der Waals surface area contributed by atoms with Crippen LogP contribution in [0.5, 0.6) is 11.6 Å². The molecule has 0 unspecified atom stereocenters. The van der Waals surface area contributed by atoms with Gasteiger partial charge >= 0.3 is 0 Å². The van der Waals surface area contributed by atoms with Crippen LogP contribution in [0.3, 0.4) is 0 Å². The first kappa shape index (κ1) is 22.3. The Bertz CT molecular complexity index is 1060. The average molecular weight is 444 g/mol. The van der Waals surface area contributed by atoms with Gasteiger partial charge in [-0.05, 0) is 25.1 Å². The summed E-state index contributed by atoms with van der Waals surface area (Å²) in [6, 6.07) is 8.25. The molecule has 0 radical (unpaired) electrons. The first-order valence-corrected chi connectivity index (χ1v) is 10.8. The summed E-state index contributed by atoms with van der Waals surface area (Å²) in [6.07, 6.45) is 0.568. The highest BCUT2D eigenvalue weighted by molar-refractivity contribution is 5.31. The van der Waals surface area contributed by atoms with Crippen LogP contribution in [0.25, 0.3) is 0 Å². The fourth-order valence-electron chi connectivity index (χ4n) is 4.12. The number of hydrogen-bond donors (Lipinski definition) is 0. The van der Waals surface area contributed by atoms with Crippen LogP contribution >= 0.6 is 0 Å². The van der Waals surface area contributed by atoms with Gasteiger partial charge in [-0.25, -0.2) is 9.07 Å². The standard InChI is InChI=1S/C23H30FN5O3/c1-16-20(23(30-4)28(3)25-16)14-29-9-11-32-22(15-29)21-13-18(27(2)26-21)8-10-31-19-7-5-6-17(24)12-19/h5-7,12-13,22H,8-11,14-15H2,1-4H3/t22-/m0/s1. The molecule has 172 valence electrons. The fraction of sp³-hybridized carbons (Fsp3) is 0.478. The molecule has 1 atom stereocenters. The van der Waals surface area contributed by atoms with E-state index in [1.165, 1.54) is 12.1 Å². The van der Waals surface area contributed by atoms with E-state index in [0.29, 0.717) is 25.4 Å². The van der Waals surface area contributed by atoms with Crippen LogP contribution in [-0.2, 0) is 31.8 Å². The zero-order valence-electron chi connectivity index (χ0n) is 19.0. The maximum atomic E-state index is 13.3. The Morgan fingerprint density at radius 2 is 2.03 bits per heavy atom. The van der Waals surface area contributed by atoms with Crippen molar-refractivity contribution in [2.24, 2.45) is 14.1 Å².